The SMILES string of the molecule is COCc1ccc(C2(C)CCCN2)cc1Cl. The van der Waals surface area contributed by atoms with E-state index in [0.717, 1.165) is 17.1 Å². The van der Waals surface area contributed by atoms with E-state index in [4.69, 9.17) is 16.3 Å². The zero-order valence-electron chi connectivity index (χ0n) is 9.85. The van der Waals surface area contributed by atoms with E-state index in [9.17, 15) is 0 Å². The normalized spacial score (nSPS) is 24.9. The number of halogens is 1. The fraction of sp³-hybridized carbons (Fsp3) is 0.538. The Kier molecular flexibility index (Phi) is 3.53. The van der Waals surface area contributed by atoms with Crippen molar-refractivity contribution in [3.63, 3.8) is 0 Å². The maximum atomic E-state index is 6.24. The van der Waals surface area contributed by atoms with Gasteiger partial charge in [0.15, 0.2) is 0 Å². The van der Waals surface area contributed by atoms with Gasteiger partial charge in [-0.15, -0.1) is 0 Å². The Morgan fingerprint density at radius 3 is 2.88 bits per heavy atom. The van der Waals surface area contributed by atoms with Gasteiger partial charge >= 0.3 is 0 Å². The quantitative estimate of drug-likeness (QED) is 0.875. The van der Waals surface area contributed by atoms with Crippen molar-refractivity contribution in [2.75, 3.05) is 13.7 Å². The van der Waals surface area contributed by atoms with Crippen LogP contribution in [0.25, 0.3) is 0 Å². The first-order valence-corrected chi connectivity index (χ1v) is 6.06. The number of nitrogens with one attached hydrogen (secondary N) is 1. The van der Waals surface area contributed by atoms with Gasteiger partial charge < -0.3 is 10.1 Å². The van der Waals surface area contributed by atoms with Gasteiger partial charge in [0.25, 0.3) is 0 Å². The molecule has 1 unspecified atom stereocenters. The molecule has 2 nitrogen and oxygen atoms in total. The van der Waals surface area contributed by atoms with Crippen molar-refractivity contribution in [2.24, 2.45) is 0 Å². The molecule has 1 aromatic carbocycles. The Morgan fingerprint density at radius 2 is 2.31 bits per heavy atom. The molecule has 0 amide bonds. The predicted octanol–water partition coefficient (Wildman–Crippen LogP) is 3.09. The molecule has 0 aromatic heterocycles. The van der Waals surface area contributed by atoms with Crippen molar-refractivity contribution in [3.05, 3.63) is 34.3 Å². The second-order valence-electron chi connectivity index (χ2n) is 4.60. The third kappa shape index (κ3) is 2.24. The third-order valence-electron chi connectivity index (χ3n) is 3.36. The minimum absolute atomic E-state index is 0.0925. The van der Waals surface area contributed by atoms with Crippen LogP contribution in [-0.4, -0.2) is 13.7 Å². The highest BCUT2D eigenvalue weighted by Crippen LogP contribution is 2.32. The predicted molar refractivity (Wildman–Crippen MR) is 66.8 cm³/mol. The molecule has 88 valence electrons. The molecule has 2 rings (SSSR count). The highest BCUT2D eigenvalue weighted by Gasteiger charge is 2.30. The Hall–Kier alpha value is -0.570. The first-order chi connectivity index (χ1) is 7.65. The van der Waals surface area contributed by atoms with E-state index in [-0.39, 0.29) is 5.54 Å². The van der Waals surface area contributed by atoms with Crippen molar-refractivity contribution in [3.8, 4) is 0 Å². The van der Waals surface area contributed by atoms with Crippen LogP contribution in [0.1, 0.15) is 30.9 Å². The van der Waals surface area contributed by atoms with Gasteiger partial charge in [-0.3, -0.25) is 0 Å². The van der Waals surface area contributed by atoms with Crippen LogP contribution in [0.15, 0.2) is 18.2 Å². The molecular weight excluding hydrogens is 222 g/mol. The van der Waals surface area contributed by atoms with E-state index < -0.39 is 0 Å². The van der Waals surface area contributed by atoms with Crippen molar-refractivity contribution in [1.82, 2.24) is 5.32 Å². The Balaban J connectivity index is 2.26. The molecule has 1 aliphatic rings. The van der Waals surface area contributed by atoms with Crippen molar-refractivity contribution in [1.29, 1.82) is 0 Å². The van der Waals surface area contributed by atoms with E-state index in [1.165, 1.54) is 18.4 Å². The standard InChI is InChI=1S/C13H18ClNO/c1-13(6-3-7-15-13)11-5-4-10(9-16-2)12(14)8-11/h4-5,8,15H,3,6-7,9H2,1-2H3. The summed E-state index contributed by atoms with van der Waals surface area (Å²) in [6.07, 6.45) is 2.40. The average molecular weight is 240 g/mol. The molecule has 1 fully saturated rings. The maximum absolute atomic E-state index is 6.24. The largest absolute Gasteiger partial charge is 0.380 e. The first kappa shape index (κ1) is 11.9. The summed E-state index contributed by atoms with van der Waals surface area (Å²) in [6, 6.07) is 6.28. The smallest absolute Gasteiger partial charge is 0.0727 e. The minimum atomic E-state index is 0.0925. The number of ether oxygens (including phenoxy) is 1. The lowest BCUT2D eigenvalue weighted by molar-refractivity contribution is 0.185. The Labute approximate surface area is 102 Å². The lowest BCUT2D eigenvalue weighted by Crippen LogP contribution is -2.33. The van der Waals surface area contributed by atoms with Crippen LogP contribution < -0.4 is 5.32 Å². The van der Waals surface area contributed by atoms with E-state index >= 15 is 0 Å². The van der Waals surface area contributed by atoms with Gasteiger partial charge in [-0.1, -0.05) is 23.7 Å². The van der Waals surface area contributed by atoms with Crippen LogP contribution in [0, 0.1) is 0 Å². The summed E-state index contributed by atoms with van der Waals surface area (Å²) < 4.78 is 5.10. The summed E-state index contributed by atoms with van der Waals surface area (Å²) in [7, 11) is 1.68. The second kappa shape index (κ2) is 4.74. The highest BCUT2D eigenvalue weighted by molar-refractivity contribution is 6.31. The van der Waals surface area contributed by atoms with Crippen LogP contribution in [0.5, 0.6) is 0 Å². The molecule has 1 saturated heterocycles. The molecular formula is C13H18ClNO. The molecule has 1 heterocycles. The van der Waals surface area contributed by atoms with E-state index in [1.807, 2.05) is 0 Å². The first-order valence-electron chi connectivity index (χ1n) is 5.68. The van der Waals surface area contributed by atoms with Crippen molar-refractivity contribution < 1.29 is 4.74 Å². The van der Waals surface area contributed by atoms with Gasteiger partial charge in [0.1, 0.15) is 0 Å². The van der Waals surface area contributed by atoms with Gasteiger partial charge in [-0.2, -0.15) is 0 Å². The van der Waals surface area contributed by atoms with Gasteiger partial charge in [-0.05, 0) is 43.5 Å². The molecule has 1 atom stereocenters. The molecule has 0 radical (unpaired) electrons. The van der Waals surface area contributed by atoms with Crippen LogP contribution >= 0.6 is 11.6 Å². The fourth-order valence-electron chi connectivity index (χ4n) is 2.30. The monoisotopic (exact) mass is 239 g/mol. The molecule has 3 heteroatoms. The number of benzene rings is 1. The summed E-state index contributed by atoms with van der Waals surface area (Å²) >= 11 is 6.24. The third-order valence-corrected chi connectivity index (χ3v) is 3.71. The molecule has 0 saturated carbocycles. The summed E-state index contributed by atoms with van der Waals surface area (Å²) in [5.74, 6) is 0. The topological polar surface area (TPSA) is 21.3 Å². The van der Waals surface area contributed by atoms with Crippen LogP contribution in [-0.2, 0) is 16.9 Å². The zero-order valence-corrected chi connectivity index (χ0v) is 10.6. The van der Waals surface area contributed by atoms with Gasteiger partial charge in [-0.25, -0.2) is 0 Å². The highest BCUT2D eigenvalue weighted by atomic mass is 35.5. The minimum Gasteiger partial charge on any atom is -0.380 e. The Morgan fingerprint density at radius 1 is 1.50 bits per heavy atom. The number of rotatable bonds is 3. The van der Waals surface area contributed by atoms with E-state index in [0.29, 0.717) is 6.61 Å². The van der Waals surface area contributed by atoms with Gasteiger partial charge in [0, 0.05) is 17.7 Å². The molecule has 1 aliphatic heterocycles. The second-order valence-corrected chi connectivity index (χ2v) is 5.01. The summed E-state index contributed by atoms with van der Waals surface area (Å²) in [5, 5.41) is 4.34. The molecule has 0 aliphatic carbocycles. The zero-order chi connectivity index (χ0) is 11.6. The lowest BCUT2D eigenvalue weighted by atomic mass is 9.90. The van der Waals surface area contributed by atoms with E-state index in [2.05, 4.69) is 30.4 Å². The number of hydrogen-bond donors (Lipinski definition) is 1. The summed E-state index contributed by atoms with van der Waals surface area (Å²) in [5.41, 5.74) is 2.42. The van der Waals surface area contributed by atoms with Crippen molar-refractivity contribution >= 4 is 11.6 Å². The van der Waals surface area contributed by atoms with Gasteiger partial charge in [0.2, 0.25) is 0 Å². The van der Waals surface area contributed by atoms with E-state index in [1.54, 1.807) is 7.11 Å². The molecule has 0 spiro atoms. The summed E-state index contributed by atoms with van der Waals surface area (Å²) in [4.78, 5) is 0. The lowest BCUT2D eigenvalue weighted by Gasteiger charge is -2.25. The number of hydrogen-bond acceptors (Lipinski definition) is 2. The Bertz CT molecular complexity index is 372. The summed E-state index contributed by atoms with van der Waals surface area (Å²) in [6.45, 7) is 3.90. The molecule has 1 aromatic rings. The van der Waals surface area contributed by atoms with Crippen LogP contribution in [0.3, 0.4) is 0 Å². The average Bonchev–Trinajstić information content (AvgIpc) is 2.70. The van der Waals surface area contributed by atoms with Gasteiger partial charge in [0.05, 0.1) is 6.61 Å². The maximum Gasteiger partial charge on any atom is 0.0727 e. The van der Waals surface area contributed by atoms with Crippen LogP contribution in [0.4, 0.5) is 0 Å². The molecule has 0 bridgehead atoms. The van der Waals surface area contributed by atoms with Crippen molar-refractivity contribution in [2.45, 2.75) is 31.9 Å². The molecule has 16 heavy (non-hydrogen) atoms. The van der Waals surface area contributed by atoms with Crippen LogP contribution in [0.2, 0.25) is 5.02 Å². The number of methoxy groups -OCH3 is 1. The fourth-order valence-corrected chi connectivity index (χ4v) is 2.54. The molecule has 1 N–H and O–H groups in total.